The second-order valence-electron chi connectivity index (χ2n) is 0.204. The minimum atomic E-state index is -3.79. The molecule has 0 saturated heterocycles. The standard InChI is InChI=1S/ClH.Cr.H3N.3O/h1H;;1H3;;;. The molecule has 4 nitrogen and oxygen atoms in total. The summed E-state index contributed by atoms with van der Waals surface area (Å²) in [5.41, 5.74) is 0. The van der Waals surface area contributed by atoms with Crippen LogP contribution in [0.3, 0.4) is 0 Å². The normalized spacial score (nSPS) is 4.00. The molecule has 0 aromatic carbocycles. The molecule has 0 aromatic rings. The molecular weight excluding hydrogens is 149 g/mol. The van der Waals surface area contributed by atoms with Crippen molar-refractivity contribution in [3.8, 4) is 0 Å². The molecule has 0 heterocycles. The Morgan fingerprint density at radius 1 is 1.00 bits per heavy atom. The van der Waals surface area contributed by atoms with Crippen LogP contribution in [0.2, 0.25) is 0 Å². The van der Waals surface area contributed by atoms with Crippen molar-refractivity contribution in [3.63, 3.8) is 0 Å². The minimum absolute atomic E-state index is 0. The van der Waals surface area contributed by atoms with Gasteiger partial charge in [-0.15, -0.1) is 0 Å². The van der Waals surface area contributed by atoms with E-state index in [4.69, 9.17) is 11.4 Å². The molecule has 0 saturated carbocycles. The number of hydrogen-bond donors (Lipinski definition) is 1. The Balaban J connectivity index is -0.0000000450. The van der Waals surface area contributed by atoms with E-state index in [1.807, 2.05) is 0 Å². The molecule has 6 heteroatoms. The predicted octanol–water partition coefficient (Wildman–Crippen LogP) is -2.98. The van der Waals surface area contributed by atoms with Crippen LogP contribution in [0.25, 0.3) is 0 Å². The summed E-state index contributed by atoms with van der Waals surface area (Å²) in [6.07, 6.45) is 0. The van der Waals surface area contributed by atoms with Gasteiger partial charge in [-0.25, -0.2) is 0 Å². The van der Waals surface area contributed by atoms with Gasteiger partial charge in [0.25, 0.3) is 0 Å². The molecule has 0 aliphatic rings. The fourth-order valence-corrected chi connectivity index (χ4v) is 0. The topological polar surface area (TPSA) is 87.7 Å². The zero-order valence-corrected chi connectivity index (χ0v) is 5.04. The van der Waals surface area contributed by atoms with Crippen molar-refractivity contribution in [2.45, 2.75) is 0 Å². The summed E-state index contributed by atoms with van der Waals surface area (Å²) in [6.45, 7) is 0. The summed E-state index contributed by atoms with van der Waals surface area (Å²) in [4.78, 5) is 0. The molecule has 0 radical (unpaired) electrons. The molecule has 0 aromatic heterocycles. The maximum absolute atomic E-state index is 8.54. The summed E-state index contributed by atoms with van der Waals surface area (Å²) in [6, 6.07) is 0. The second-order valence-corrected chi connectivity index (χ2v) is 0.842. The van der Waals surface area contributed by atoms with E-state index in [9.17, 15) is 0 Å². The third-order valence-electron chi connectivity index (χ3n) is 0. The monoisotopic (exact) mass is 153 g/mol. The van der Waals surface area contributed by atoms with Gasteiger partial charge in [-0.1, -0.05) is 0 Å². The van der Waals surface area contributed by atoms with Crippen LogP contribution in [0.4, 0.5) is 0 Å². The molecular formula is H4ClCrNO3. The molecule has 0 fully saturated rings. The summed E-state index contributed by atoms with van der Waals surface area (Å²) < 4.78 is 25.6. The Bertz CT molecular complexity index is 80.2. The molecule has 0 aliphatic heterocycles. The van der Waals surface area contributed by atoms with Crippen molar-refractivity contribution >= 4 is 0 Å². The van der Waals surface area contributed by atoms with Crippen LogP contribution in [0.1, 0.15) is 0 Å². The molecule has 0 amide bonds. The fourth-order valence-electron chi connectivity index (χ4n) is 0. The van der Waals surface area contributed by atoms with Crippen LogP contribution in [0.15, 0.2) is 0 Å². The Labute approximate surface area is 44.5 Å². The van der Waals surface area contributed by atoms with E-state index >= 15 is 0 Å². The first-order valence-electron chi connectivity index (χ1n) is 0.500. The van der Waals surface area contributed by atoms with Gasteiger partial charge in [0.05, 0.1) is 0 Å². The van der Waals surface area contributed by atoms with Crippen LogP contribution >= 0.6 is 0 Å². The third-order valence-corrected chi connectivity index (χ3v) is 0. The molecule has 40 valence electrons. The van der Waals surface area contributed by atoms with Gasteiger partial charge in [0.2, 0.25) is 0 Å². The number of halogens is 1. The van der Waals surface area contributed by atoms with Crippen molar-refractivity contribution in [1.82, 2.24) is 6.15 Å². The number of quaternary nitrogens is 1. The Kier molecular flexibility index (Phi) is 24.5. The first kappa shape index (κ1) is 16.4. The van der Waals surface area contributed by atoms with Gasteiger partial charge < -0.3 is 18.6 Å². The van der Waals surface area contributed by atoms with E-state index in [-0.39, 0.29) is 18.6 Å². The Morgan fingerprint density at radius 2 is 1.00 bits per heavy atom. The van der Waals surface area contributed by atoms with Crippen molar-refractivity contribution in [3.05, 3.63) is 0 Å². The van der Waals surface area contributed by atoms with Gasteiger partial charge in [-0.2, -0.15) is 0 Å². The van der Waals surface area contributed by atoms with E-state index in [0.29, 0.717) is 0 Å². The van der Waals surface area contributed by atoms with Gasteiger partial charge in [0.1, 0.15) is 0 Å². The second kappa shape index (κ2) is 8.95. The van der Waals surface area contributed by atoms with Crippen LogP contribution < -0.4 is 18.6 Å². The summed E-state index contributed by atoms with van der Waals surface area (Å²) in [5.74, 6) is 0. The summed E-state index contributed by atoms with van der Waals surface area (Å²) in [5, 5.41) is 0. The molecule has 0 unspecified atom stereocenters. The Hall–Kier alpha value is 0.182. The number of rotatable bonds is 0. The van der Waals surface area contributed by atoms with E-state index in [1.165, 1.54) is 0 Å². The van der Waals surface area contributed by atoms with Gasteiger partial charge in [-0.05, 0) is 0 Å². The molecule has 6 heavy (non-hydrogen) atoms. The average molecular weight is 153 g/mol. The maximum atomic E-state index is 8.54. The van der Waals surface area contributed by atoms with Gasteiger partial charge in [0, 0.05) is 0 Å². The first-order chi connectivity index (χ1) is 1.73. The van der Waals surface area contributed by atoms with Crippen LogP contribution in [0.5, 0.6) is 0 Å². The SMILES string of the molecule is [Cl-].[NH4+].[O]=[Cr](=[O])=[O]. The molecule has 4 N–H and O–H groups in total. The van der Waals surface area contributed by atoms with Crippen LogP contribution in [-0.2, 0) is 25.4 Å². The first-order valence-corrected chi connectivity index (χ1v) is 2.06. The summed E-state index contributed by atoms with van der Waals surface area (Å²) in [7, 11) is 0. The zero-order chi connectivity index (χ0) is 3.58. The van der Waals surface area contributed by atoms with Crippen molar-refractivity contribution in [2.24, 2.45) is 0 Å². The molecule has 0 spiro atoms. The van der Waals surface area contributed by atoms with E-state index in [0.717, 1.165) is 0 Å². The quantitative estimate of drug-likeness (QED) is 0.403. The van der Waals surface area contributed by atoms with E-state index < -0.39 is 14.0 Å². The fraction of sp³-hybridized carbons (Fsp3) is 0. The number of hydrogen-bond acceptors (Lipinski definition) is 3. The average Bonchev–Trinajstić information content (AvgIpc) is 0.811. The Morgan fingerprint density at radius 3 is 1.00 bits per heavy atom. The van der Waals surface area contributed by atoms with E-state index in [2.05, 4.69) is 0 Å². The molecule has 0 bridgehead atoms. The van der Waals surface area contributed by atoms with E-state index in [1.54, 1.807) is 0 Å². The third kappa shape index (κ3) is 1270. The van der Waals surface area contributed by atoms with Gasteiger partial charge in [0.15, 0.2) is 0 Å². The van der Waals surface area contributed by atoms with Crippen molar-refractivity contribution in [2.75, 3.05) is 0 Å². The zero-order valence-electron chi connectivity index (χ0n) is 3.01. The van der Waals surface area contributed by atoms with Gasteiger partial charge in [-0.3, -0.25) is 0 Å². The molecule has 0 rings (SSSR count). The summed E-state index contributed by atoms with van der Waals surface area (Å²) >= 11 is -3.79. The van der Waals surface area contributed by atoms with Gasteiger partial charge >= 0.3 is 25.4 Å². The van der Waals surface area contributed by atoms with Crippen LogP contribution in [-0.4, -0.2) is 0 Å². The van der Waals surface area contributed by atoms with Crippen LogP contribution in [0, 0.1) is 0 Å². The van der Waals surface area contributed by atoms with Crippen molar-refractivity contribution in [1.29, 1.82) is 0 Å². The predicted molar refractivity (Wildman–Crippen MR) is 8.04 cm³/mol. The van der Waals surface area contributed by atoms with Crippen molar-refractivity contribution < 1.29 is 37.8 Å². The molecule has 0 aliphatic carbocycles. The molecule has 0 atom stereocenters.